The van der Waals surface area contributed by atoms with Gasteiger partial charge >= 0.3 is 0 Å². The van der Waals surface area contributed by atoms with Crippen LogP contribution in [0.5, 0.6) is 0 Å². The van der Waals surface area contributed by atoms with E-state index in [9.17, 15) is 4.39 Å². The lowest BCUT2D eigenvalue weighted by atomic mass is 9.99. The van der Waals surface area contributed by atoms with Crippen LogP contribution in [0.4, 0.5) is 4.39 Å². The minimum absolute atomic E-state index is 0.274. The molecule has 0 nitrogen and oxygen atoms in total. The summed E-state index contributed by atoms with van der Waals surface area (Å²) in [4.78, 5) is 0. The fourth-order valence-electron chi connectivity index (χ4n) is 1.03. The van der Waals surface area contributed by atoms with Crippen molar-refractivity contribution in [2.45, 2.75) is 39.0 Å². The fraction of sp³-hybridized carbons (Fsp3) is 0.500. The molecular formula is C12H19F. The largest absolute Gasteiger partial charge is 0.212 e. The smallest absolute Gasteiger partial charge is 0.0931 e. The van der Waals surface area contributed by atoms with Crippen molar-refractivity contribution in [1.82, 2.24) is 0 Å². The van der Waals surface area contributed by atoms with E-state index in [1.807, 2.05) is 0 Å². The average Bonchev–Trinajstić information content (AvgIpc) is 2.10. The zero-order valence-corrected chi connectivity index (χ0v) is 8.53. The third kappa shape index (κ3) is 6.32. The molecule has 74 valence electrons. The lowest BCUT2D eigenvalue weighted by molar-refractivity contribution is 0.592. The minimum atomic E-state index is -0.274. The fourth-order valence-corrected chi connectivity index (χ4v) is 1.03. The maximum absolute atomic E-state index is 12.3. The van der Waals surface area contributed by atoms with Crippen LogP contribution in [0.15, 0.2) is 36.7 Å². The maximum Gasteiger partial charge on any atom is 0.0931 e. The lowest BCUT2D eigenvalue weighted by Gasteiger charge is -2.07. The zero-order chi connectivity index (χ0) is 10.3. The predicted molar refractivity (Wildman–Crippen MR) is 57.3 cm³/mol. The number of unbranched alkanes of at least 4 members (excludes halogenated alkanes) is 1. The molecule has 0 rings (SSSR count). The molecule has 0 radical (unpaired) electrons. The lowest BCUT2D eigenvalue weighted by Crippen LogP contribution is -1.88. The van der Waals surface area contributed by atoms with Crippen molar-refractivity contribution < 1.29 is 4.39 Å². The quantitative estimate of drug-likeness (QED) is 0.506. The molecule has 0 saturated carbocycles. The van der Waals surface area contributed by atoms with E-state index in [0.717, 1.165) is 30.4 Å². The summed E-state index contributed by atoms with van der Waals surface area (Å²) in [5.74, 6) is -0.274. The third-order valence-corrected chi connectivity index (χ3v) is 2.03. The van der Waals surface area contributed by atoms with E-state index >= 15 is 0 Å². The van der Waals surface area contributed by atoms with Gasteiger partial charge in [0.25, 0.3) is 0 Å². The van der Waals surface area contributed by atoms with Crippen molar-refractivity contribution in [3.05, 3.63) is 36.7 Å². The van der Waals surface area contributed by atoms with Crippen LogP contribution in [0.3, 0.4) is 0 Å². The molecule has 0 N–H and O–H groups in total. The Morgan fingerprint density at radius 1 is 1.00 bits per heavy atom. The number of allylic oxidation sites excluding steroid dienone is 3. The summed E-state index contributed by atoms with van der Waals surface area (Å²) >= 11 is 0. The van der Waals surface area contributed by atoms with Gasteiger partial charge in [0.1, 0.15) is 0 Å². The van der Waals surface area contributed by atoms with Gasteiger partial charge in [-0.2, -0.15) is 0 Å². The molecule has 1 heteroatoms. The molecule has 0 aliphatic carbocycles. The number of halogens is 1. The summed E-state index contributed by atoms with van der Waals surface area (Å²) in [5, 5.41) is 0. The first-order chi connectivity index (χ1) is 6.07. The predicted octanol–water partition coefficient (Wildman–Crippen LogP) is 4.55. The van der Waals surface area contributed by atoms with Gasteiger partial charge in [-0.15, -0.1) is 0 Å². The number of hydrogen-bond donors (Lipinski definition) is 0. The molecule has 0 heterocycles. The summed E-state index contributed by atoms with van der Waals surface area (Å²) in [5.41, 5.74) is 2.02. The van der Waals surface area contributed by atoms with Crippen molar-refractivity contribution in [3.8, 4) is 0 Å². The van der Waals surface area contributed by atoms with E-state index in [1.165, 1.54) is 0 Å². The molecule has 0 fully saturated rings. The Balaban J connectivity index is 3.70. The van der Waals surface area contributed by atoms with Crippen molar-refractivity contribution >= 4 is 0 Å². The summed E-state index contributed by atoms with van der Waals surface area (Å²) in [6, 6.07) is 0. The van der Waals surface area contributed by atoms with Crippen LogP contribution in [0.1, 0.15) is 39.0 Å². The molecule has 0 aliphatic heterocycles. The number of hydrogen-bond acceptors (Lipinski definition) is 0. The molecule has 0 atom stereocenters. The standard InChI is InChI=1S/C12H19F/c1-5-6-7-10(2)11(3)8-9-12(4)13/h2-9H2,1H3. The Morgan fingerprint density at radius 2 is 1.54 bits per heavy atom. The highest BCUT2D eigenvalue weighted by molar-refractivity contribution is 5.25. The normalized spacial score (nSPS) is 9.69. The highest BCUT2D eigenvalue weighted by atomic mass is 19.1. The van der Waals surface area contributed by atoms with Gasteiger partial charge < -0.3 is 0 Å². The van der Waals surface area contributed by atoms with Crippen LogP contribution < -0.4 is 0 Å². The molecule has 0 aliphatic rings. The third-order valence-electron chi connectivity index (χ3n) is 2.03. The monoisotopic (exact) mass is 182 g/mol. The second kappa shape index (κ2) is 6.64. The van der Waals surface area contributed by atoms with Gasteiger partial charge in [-0.05, 0) is 19.3 Å². The molecule has 0 spiro atoms. The first-order valence-corrected chi connectivity index (χ1v) is 4.77. The Kier molecular flexibility index (Phi) is 6.21. The molecule has 0 bridgehead atoms. The van der Waals surface area contributed by atoms with Gasteiger partial charge in [0, 0.05) is 6.42 Å². The summed E-state index contributed by atoms with van der Waals surface area (Å²) in [6.45, 7) is 13.1. The Hall–Kier alpha value is -0.850. The summed E-state index contributed by atoms with van der Waals surface area (Å²) in [7, 11) is 0. The van der Waals surface area contributed by atoms with Crippen LogP contribution in [0.2, 0.25) is 0 Å². The molecule has 0 amide bonds. The van der Waals surface area contributed by atoms with Crippen molar-refractivity contribution in [1.29, 1.82) is 0 Å². The highest BCUT2D eigenvalue weighted by Gasteiger charge is 2.00. The van der Waals surface area contributed by atoms with Gasteiger partial charge in [0.15, 0.2) is 0 Å². The molecule has 13 heavy (non-hydrogen) atoms. The molecule has 0 aromatic rings. The SMILES string of the molecule is C=C(F)CCC(=C)C(=C)CCCC. The zero-order valence-electron chi connectivity index (χ0n) is 8.53. The first kappa shape index (κ1) is 12.2. The van der Waals surface area contributed by atoms with Crippen LogP contribution in [-0.2, 0) is 0 Å². The second-order valence-corrected chi connectivity index (χ2v) is 3.33. The Labute approximate surface area is 80.9 Å². The topological polar surface area (TPSA) is 0 Å². The van der Waals surface area contributed by atoms with E-state index in [4.69, 9.17) is 0 Å². The van der Waals surface area contributed by atoms with Crippen molar-refractivity contribution in [2.75, 3.05) is 0 Å². The Bertz CT molecular complexity index is 201. The van der Waals surface area contributed by atoms with E-state index in [2.05, 4.69) is 26.7 Å². The van der Waals surface area contributed by atoms with Crippen LogP contribution in [-0.4, -0.2) is 0 Å². The second-order valence-electron chi connectivity index (χ2n) is 3.33. The molecule has 0 aromatic carbocycles. The molecule has 0 aromatic heterocycles. The van der Waals surface area contributed by atoms with E-state index in [-0.39, 0.29) is 5.83 Å². The van der Waals surface area contributed by atoms with E-state index in [1.54, 1.807) is 0 Å². The van der Waals surface area contributed by atoms with Gasteiger partial charge in [-0.3, -0.25) is 0 Å². The summed E-state index contributed by atoms with van der Waals surface area (Å²) in [6.07, 6.45) is 4.30. The molecule has 0 unspecified atom stereocenters. The minimum Gasteiger partial charge on any atom is -0.212 e. The molecular weight excluding hydrogens is 163 g/mol. The van der Waals surface area contributed by atoms with Crippen LogP contribution in [0.25, 0.3) is 0 Å². The van der Waals surface area contributed by atoms with Gasteiger partial charge in [0.2, 0.25) is 0 Å². The number of rotatable bonds is 7. The van der Waals surface area contributed by atoms with Crippen molar-refractivity contribution in [2.24, 2.45) is 0 Å². The van der Waals surface area contributed by atoms with Gasteiger partial charge in [0.05, 0.1) is 5.83 Å². The Morgan fingerprint density at radius 3 is 2.00 bits per heavy atom. The van der Waals surface area contributed by atoms with Gasteiger partial charge in [-0.25, -0.2) is 4.39 Å². The highest BCUT2D eigenvalue weighted by Crippen LogP contribution is 2.19. The average molecular weight is 182 g/mol. The van der Waals surface area contributed by atoms with E-state index < -0.39 is 0 Å². The van der Waals surface area contributed by atoms with Crippen LogP contribution in [0, 0.1) is 0 Å². The van der Waals surface area contributed by atoms with Crippen LogP contribution >= 0.6 is 0 Å². The maximum atomic E-state index is 12.3. The van der Waals surface area contributed by atoms with E-state index in [0.29, 0.717) is 12.8 Å². The summed E-state index contributed by atoms with van der Waals surface area (Å²) < 4.78 is 12.3. The van der Waals surface area contributed by atoms with Crippen molar-refractivity contribution in [3.63, 3.8) is 0 Å². The molecule has 0 saturated heterocycles. The van der Waals surface area contributed by atoms with Gasteiger partial charge in [-0.1, -0.05) is 44.2 Å². The first-order valence-electron chi connectivity index (χ1n) is 4.77.